The highest BCUT2D eigenvalue weighted by Crippen LogP contribution is 2.51. The number of benzene rings is 2. The summed E-state index contributed by atoms with van der Waals surface area (Å²) in [4.78, 5) is 12.7. The van der Waals surface area contributed by atoms with Crippen LogP contribution in [0.25, 0.3) is 0 Å². The van der Waals surface area contributed by atoms with Crippen LogP contribution in [0, 0.1) is 16.7 Å². The fourth-order valence-electron chi connectivity index (χ4n) is 4.86. The number of rotatable bonds is 8. The van der Waals surface area contributed by atoms with Crippen molar-refractivity contribution in [2.24, 2.45) is 5.41 Å². The molecule has 0 unspecified atom stereocenters. The van der Waals surface area contributed by atoms with Gasteiger partial charge in [-0.1, -0.05) is 68.2 Å². The van der Waals surface area contributed by atoms with Gasteiger partial charge < -0.3 is 20.3 Å². The molecule has 1 fully saturated rings. The number of nitriles is 1. The summed E-state index contributed by atoms with van der Waals surface area (Å²) in [6.07, 6.45) is -1.65. The van der Waals surface area contributed by atoms with E-state index in [2.05, 4.69) is 37.5 Å². The van der Waals surface area contributed by atoms with Gasteiger partial charge in [0.05, 0.1) is 24.7 Å². The predicted octanol–water partition coefficient (Wildman–Crippen LogP) is 4.74. The van der Waals surface area contributed by atoms with E-state index in [0.29, 0.717) is 16.5 Å². The second-order valence-electron chi connectivity index (χ2n) is 10.4. The lowest BCUT2D eigenvalue weighted by Crippen LogP contribution is -2.44. The minimum Gasteiger partial charge on any atom is -0.430 e. The van der Waals surface area contributed by atoms with E-state index in [1.807, 2.05) is 24.3 Å². The summed E-state index contributed by atoms with van der Waals surface area (Å²) < 4.78 is 5.86. The number of hydrogen-bond acceptors (Lipinski definition) is 6. The number of carbonyl (C=O) groups excluding carboxylic acids is 1. The molecule has 5 atom stereocenters. The molecule has 9 heteroatoms. The van der Waals surface area contributed by atoms with Crippen molar-refractivity contribution in [3.8, 4) is 6.07 Å². The van der Waals surface area contributed by atoms with Gasteiger partial charge in [-0.2, -0.15) is 5.26 Å². The molecule has 36 heavy (non-hydrogen) atoms. The Morgan fingerprint density at radius 2 is 1.92 bits per heavy atom. The quantitative estimate of drug-likeness (QED) is 0.389. The van der Waals surface area contributed by atoms with Gasteiger partial charge in [0.15, 0.2) is 6.23 Å². The van der Waals surface area contributed by atoms with E-state index in [4.69, 9.17) is 33.0 Å². The van der Waals surface area contributed by atoms with Crippen LogP contribution in [0.1, 0.15) is 50.7 Å². The molecule has 2 aromatic rings. The van der Waals surface area contributed by atoms with E-state index >= 15 is 0 Å². The zero-order valence-electron chi connectivity index (χ0n) is 20.7. The number of alkyl carbamates (subject to hydrolysis) is 1. The van der Waals surface area contributed by atoms with Crippen molar-refractivity contribution >= 4 is 29.3 Å². The molecular weight excluding hydrogens is 501 g/mol. The zero-order valence-corrected chi connectivity index (χ0v) is 22.2. The smallest absolute Gasteiger partial charge is 0.408 e. The summed E-state index contributed by atoms with van der Waals surface area (Å²) >= 11 is 12.5. The number of aliphatic hydroxyl groups excluding tert-OH is 2. The average Bonchev–Trinajstić information content (AvgIpc) is 3.10. The first-order chi connectivity index (χ1) is 17.0. The van der Waals surface area contributed by atoms with Gasteiger partial charge in [-0.3, -0.25) is 5.32 Å². The minimum atomic E-state index is -1.10. The van der Waals surface area contributed by atoms with Crippen molar-refractivity contribution in [3.63, 3.8) is 0 Å². The molecule has 0 radical (unpaired) electrons. The van der Waals surface area contributed by atoms with Gasteiger partial charge in [-0.15, -0.1) is 0 Å². The van der Waals surface area contributed by atoms with Crippen molar-refractivity contribution < 1.29 is 19.7 Å². The predicted molar refractivity (Wildman–Crippen MR) is 140 cm³/mol. The highest BCUT2D eigenvalue weighted by atomic mass is 35.5. The molecule has 4 N–H and O–H groups in total. The molecule has 0 spiro atoms. The first-order valence-corrected chi connectivity index (χ1v) is 12.7. The third-order valence-electron chi connectivity index (χ3n) is 6.43. The molecule has 194 valence electrons. The van der Waals surface area contributed by atoms with E-state index in [1.54, 1.807) is 24.3 Å². The molecule has 7 nitrogen and oxygen atoms in total. The standard InChI is InChI=1S/C27H33Cl2N3O4/c1-26(2,3)14-22-27(16-30,18-7-9-19(28)10-8-18)23(17-5-4-6-20(29)13-17)24(32-22)36-25(35)31-12-11-21(34)15-33/h4-10,13,21-24,32-34H,11-12,14-15H2,1-3H3,(H,31,35)/t21-,22-,23-,24+,27-/m0/s1. The van der Waals surface area contributed by atoms with Gasteiger partial charge >= 0.3 is 6.09 Å². The van der Waals surface area contributed by atoms with Crippen molar-refractivity contribution in [2.45, 2.75) is 63.3 Å². The second-order valence-corrected chi connectivity index (χ2v) is 11.3. The maximum Gasteiger partial charge on any atom is 0.408 e. The summed E-state index contributed by atoms with van der Waals surface area (Å²) in [6, 6.07) is 16.7. The number of halogens is 2. The number of nitrogens with zero attached hydrogens (tertiary/aromatic N) is 1. The van der Waals surface area contributed by atoms with Crippen LogP contribution in [-0.2, 0) is 10.2 Å². The Morgan fingerprint density at radius 1 is 1.22 bits per heavy atom. The van der Waals surface area contributed by atoms with E-state index < -0.39 is 36.4 Å². The number of aliphatic hydroxyl groups is 2. The molecule has 1 amide bonds. The summed E-state index contributed by atoms with van der Waals surface area (Å²) in [7, 11) is 0. The molecule has 1 heterocycles. The number of ether oxygens (including phenoxy) is 1. The van der Waals surface area contributed by atoms with Gasteiger partial charge in [0.2, 0.25) is 0 Å². The fraction of sp³-hybridized carbons (Fsp3) is 0.481. The van der Waals surface area contributed by atoms with Crippen LogP contribution in [0.3, 0.4) is 0 Å². The Balaban J connectivity index is 2.06. The first kappa shape index (κ1) is 28.2. The summed E-state index contributed by atoms with van der Waals surface area (Å²) in [5.74, 6) is -0.580. The van der Waals surface area contributed by atoms with Crippen molar-refractivity contribution in [1.82, 2.24) is 10.6 Å². The van der Waals surface area contributed by atoms with Crippen molar-refractivity contribution in [1.29, 1.82) is 5.26 Å². The number of carbonyl (C=O) groups is 1. The van der Waals surface area contributed by atoms with E-state index in [-0.39, 0.29) is 24.4 Å². The van der Waals surface area contributed by atoms with Crippen molar-refractivity contribution in [2.75, 3.05) is 13.2 Å². The van der Waals surface area contributed by atoms with Gasteiger partial charge in [0.1, 0.15) is 5.41 Å². The second kappa shape index (κ2) is 11.8. The van der Waals surface area contributed by atoms with Crippen LogP contribution >= 0.6 is 23.2 Å². The topological polar surface area (TPSA) is 115 Å². The van der Waals surface area contributed by atoms with E-state index in [0.717, 1.165) is 11.1 Å². The largest absolute Gasteiger partial charge is 0.430 e. The maximum absolute atomic E-state index is 12.7. The Kier molecular flexibility index (Phi) is 9.26. The van der Waals surface area contributed by atoms with Crippen LogP contribution in [0.15, 0.2) is 48.5 Å². The summed E-state index contributed by atoms with van der Waals surface area (Å²) in [5, 5.41) is 36.5. The SMILES string of the molecule is CC(C)(C)C[C@@H]1N[C@H](OC(=O)NCC[C@H](O)CO)[C@H](c2cccc(Cl)c2)[C@@]1(C#N)c1ccc(Cl)cc1. The first-order valence-electron chi connectivity index (χ1n) is 11.9. The number of amides is 1. The summed E-state index contributed by atoms with van der Waals surface area (Å²) in [5.41, 5.74) is 0.290. The van der Waals surface area contributed by atoms with Crippen molar-refractivity contribution in [3.05, 3.63) is 69.7 Å². The van der Waals surface area contributed by atoms with E-state index in [9.17, 15) is 15.2 Å². The molecule has 2 aromatic carbocycles. The van der Waals surface area contributed by atoms with E-state index in [1.165, 1.54) is 0 Å². The minimum absolute atomic E-state index is 0.126. The third-order valence-corrected chi connectivity index (χ3v) is 6.92. The molecule has 0 saturated carbocycles. The lowest BCUT2D eigenvalue weighted by Gasteiger charge is -2.37. The highest BCUT2D eigenvalue weighted by molar-refractivity contribution is 6.30. The lowest BCUT2D eigenvalue weighted by atomic mass is 9.64. The number of nitrogens with one attached hydrogen (secondary N) is 2. The van der Waals surface area contributed by atoms with Gasteiger partial charge in [0.25, 0.3) is 0 Å². The molecular formula is C27H33Cl2N3O4. The Labute approximate surface area is 222 Å². The Morgan fingerprint density at radius 3 is 2.50 bits per heavy atom. The Hall–Kier alpha value is -2.34. The maximum atomic E-state index is 12.7. The molecule has 1 aliphatic heterocycles. The fourth-order valence-corrected chi connectivity index (χ4v) is 5.19. The van der Waals surface area contributed by atoms with Gasteiger partial charge in [0, 0.05) is 22.6 Å². The molecule has 0 aliphatic carbocycles. The lowest BCUT2D eigenvalue weighted by molar-refractivity contribution is 0.0690. The van der Waals surface area contributed by atoms with Gasteiger partial charge in [-0.25, -0.2) is 4.79 Å². The van der Waals surface area contributed by atoms with Crippen LogP contribution in [0.4, 0.5) is 4.79 Å². The Bertz CT molecular complexity index is 1080. The van der Waals surface area contributed by atoms with Crippen LogP contribution < -0.4 is 10.6 Å². The van der Waals surface area contributed by atoms with Crippen LogP contribution in [0.2, 0.25) is 10.0 Å². The monoisotopic (exact) mass is 533 g/mol. The normalized spacial score (nSPS) is 24.7. The molecule has 3 rings (SSSR count). The van der Waals surface area contributed by atoms with Crippen LogP contribution in [-0.4, -0.2) is 47.8 Å². The van der Waals surface area contributed by atoms with Crippen LogP contribution in [0.5, 0.6) is 0 Å². The molecule has 0 aromatic heterocycles. The molecule has 1 aliphatic rings. The van der Waals surface area contributed by atoms with Gasteiger partial charge in [-0.05, 0) is 53.6 Å². The summed E-state index contributed by atoms with van der Waals surface area (Å²) in [6.45, 7) is 6.03. The number of hydrogen-bond donors (Lipinski definition) is 4. The molecule has 1 saturated heterocycles. The highest BCUT2D eigenvalue weighted by Gasteiger charge is 2.59. The molecule has 0 bridgehead atoms. The zero-order chi connectivity index (χ0) is 26.5. The average molecular weight is 534 g/mol. The third kappa shape index (κ3) is 6.50.